The monoisotopic (exact) mass is 768 g/mol. The van der Waals surface area contributed by atoms with Crippen molar-refractivity contribution < 1.29 is 24.0 Å². The van der Waals surface area contributed by atoms with Crippen molar-refractivity contribution >= 4 is 46.7 Å². The maximum absolute atomic E-state index is 13.6. The van der Waals surface area contributed by atoms with Gasteiger partial charge in [0.1, 0.15) is 12.2 Å². The first kappa shape index (κ1) is 37.0. The van der Waals surface area contributed by atoms with Crippen LogP contribution in [0.5, 0.6) is 0 Å². The van der Waals surface area contributed by atoms with Gasteiger partial charge in [-0.05, 0) is 123 Å². The minimum absolute atomic E-state index is 0.0792. The number of imide groups is 2. The van der Waals surface area contributed by atoms with Crippen molar-refractivity contribution in [1.82, 2.24) is 25.0 Å². The molecule has 4 fully saturated rings. The van der Waals surface area contributed by atoms with Gasteiger partial charge in [0.05, 0.1) is 16.8 Å². The second kappa shape index (κ2) is 14.4. The molecule has 1 spiro atoms. The Morgan fingerprint density at radius 3 is 2.19 bits per heavy atom. The van der Waals surface area contributed by atoms with Crippen LogP contribution in [-0.2, 0) is 22.7 Å². The van der Waals surface area contributed by atoms with E-state index in [0.29, 0.717) is 55.1 Å². The minimum Gasteiger partial charge on any atom is -0.371 e. The number of pyridine rings is 1. The Bertz CT molecular complexity index is 2170. The van der Waals surface area contributed by atoms with Gasteiger partial charge in [0, 0.05) is 76.1 Å². The van der Waals surface area contributed by atoms with Gasteiger partial charge in [0.2, 0.25) is 11.8 Å². The van der Waals surface area contributed by atoms with Crippen LogP contribution in [0.2, 0.25) is 0 Å². The number of nitrogens with one attached hydrogen (secondary N) is 1. The van der Waals surface area contributed by atoms with Gasteiger partial charge in [-0.15, -0.1) is 4.98 Å². The fourth-order valence-corrected chi connectivity index (χ4v) is 10.3. The lowest BCUT2D eigenvalue weighted by Crippen LogP contribution is -2.54. The topological polar surface area (TPSA) is 131 Å². The molecule has 0 aliphatic carbocycles. The van der Waals surface area contributed by atoms with Gasteiger partial charge in [-0.3, -0.25) is 39.1 Å². The molecule has 294 valence electrons. The molecular weight excluding hydrogens is 721 g/mol. The van der Waals surface area contributed by atoms with E-state index >= 15 is 0 Å². The largest absolute Gasteiger partial charge is 0.371 e. The molecule has 0 bridgehead atoms. The number of nitrogens with zero attached hydrogens (tertiary/aromatic N) is 7. The van der Waals surface area contributed by atoms with Gasteiger partial charge in [-0.2, -0.15) is 0 Å². The summed E-state index contributed by atoms with van der Waals surface area (Å²) in [4.78, 5) is 82.5. The Morgan fingerprint density at radius 2 is 1.58 bits per heavy atom. The second-order valence-corrected chi connectivity index (χ2v) is 17.2. The summed E-state index contributed by atoms with van der Waals surface area (Å²) in [5.41, 5.74) is 6.90. The zero-order chi connectivity index (χ0) is 39.6. The SMILES string of the molecule is [C-]#[N+]c1ncc(N2CC3(CCN(c4ccc(C(=O)N5CCC(CN6Cc7cc8c(cc7C6)C(=O)N(C6CCC(=O)NC6=O)C8=O)CC5)cc4)CC3)C[C@@H]2C)cc1C. The number of hydrogen-bond donors (Lipinski definition) is 1. The van der Waals surface area contributed by atoms with E-state index in [0.717, 1.165) is 96.8 Å². The van der Waals surface area contributed by atoms with Gasteiger partial charge in [0.15, 0.2) is 0 Å². The zero-order valence-electron chi connectivity index (χ0n) is 32.6. The highest BCUT2D eigenvalue weighted by atomic mass is 16.2. The molecule has 1 unspecified atom stereocenters. The molecule has 13 nitrogen and oxygen atoms in total. The molecule has 0 radical (unpaired) electrons. The number of anilines is 2. The number of carbonyl (C=O) groups is 5. The molecule has 9 rings (SSSR count). The van der Waals surface area contributed by atoms with Gasteiger partial charge in [0.25, 0.3) is 23.5 Å². The molecule has 57 heavy (non-hydrogen) atoms. The molecule has 6 aliphatic heterocycles. The summed E-state index contributed by atoms with van der Waals surface area (Å²) in [6.07, 6.45) is 7.31. The molecule has 1 aromatic heterocycles. The molecule has 4 saturated heterocycles. The van der Waals surface area contributed by atoms with Crippen molar-refractivity contribution in [1.29, 1.82) is 0 Å². The maximum Gasteiger partial charge on any atom is 0.272 e. The summed E-state index contributed by atoms with van der Waals surface area (Å²) in [5.74, 6) is -0.945. The second-order valence-electron chi connectivity index (χ2n) is 17.2. The molecule has 0 saturated carbocycles. The van der Waals surface area contributed by atoms with Crippen molar-refractivity contribution in [3.05, 3.63) is 93.5 Å². The molecular formula is C44H48N8O5. The van der Waals surface area contributed by atoms with E-state index in [1.807, 2.05) is 42.3 Å². The fourth-order valence-electron chi connectivity index (χ4n) is 10.3. The van der Waals surface area contributed by atoms with E-state index in [2.05, 4.69) is 55.0 Å². The molecule has 2 atom stereocenters. The van der Waals surface area contributed by atoms with Gasteiger partial charge >= 0.3 is 0 Å². The van der Waals surface area contributed by atoms with Crippen LogP contribution >= 0.6 is 0 Å². The third-order valence-corrected chi connectivity index (χ3v) is 13.5. The van der Waals surface area contributed by atoms with Gasteiger partial charge in [-0.25, -0.2) is 0 Å². The summed E-state index contributed by atoms with van der Waals surface area (Å²) in [7, 11) is 0. The smallest absolute Gasteiger partial charge is 0.272 e. The molecule has 3 aromatic rings. The minimum atomic E-state index is -0.966. The lowest BCUT2D eigenvalue weighted by Gasteiger charge is -2.40. The number of likely N-dealkylation sites (tertiary alicyclic amines) is 1. The number of aryl methyl sites for hydroxylation is 1. The predicted molar refractivity (Wildman–Crippen MR) is 213 cm³/mol. The summed E-state index contributed by atoms with van der Waals surface area (Å²) in [6, 6.07) is 13.4. The van der Waals surface area contributed by atoms with E-state index in [1.54, 1.807) is 0 Å². The van der Waals surface area contributed by atoms with Crippen molar-refractivity contribution in [2.75, 3.05) is 49.1 Å². The van der Waals surface area contributed by atoms with E-state index < -0.39 is 23.8 Å². The van der Waals surface area contributed by atoms with Crippen LogP contribution in [0, 0.1) is 24.8 Å². The lowest BCUT2D eigenvalue weighted by atomic mass is 9.76. The predicted octanol–water partition coefficient (Wildman–Crippen LogP) is 5.10. The van der Waals surface area contributed by atoms with Crippen LogP contribution in [0.4, 0.5) is 17.2 Å². The summed E-state index contributed by atoms with van der Waals surface area (Å²) in [5, 5.41) is 2.25. The molecule has 1 N–H and O–H groups in total. The molecule has 7 heterocycles. The highest BCUT2D eigenvalue weighted by molar-refractivity contribution is 6.23. The summed E-state index contributed by atoms with van der Waals surface area (Å²) in [6.45, 7) is 18.2. The molecule has 5 amide bonds. The normalized spacial score (nSPS) is 23.6. The van der Waals surface area contributed by atoms with Crippen LogP contribution in [0.25, 0.3) is 4.85 Å². The summed E-state index contributed by atoms with van der Waals surface area (Å²) >= 11 is 0. The first-order chi connectivity index (χ1) is 27.5. The third-order valence-electron chi connectivity index (χ3n) is 13.5. The Kier molecular flexibility index (Phi) is 9.35. The third kappa shape index (κ3) is 6.73. The summed E-state index contributed by atoms with van der Waals surface area (Å²) < 4.78 is 0. The standard InChI is InChI=1S/C44H48N8O5/c1-27-18-34(22-46-39(27)45-3)51-26-44(21-28(51)2)12-16-49(17-13-44)33-6-4-30(5-7-33)41(55)50-14-10-29(11-15-50)23-48-24-31-19-35-36(20-32(31)25-48)43(57)52(42(35)56)37-8-9-38(53)47-40(37)54/h4-7,18-20,22,28-29,37H,8-17,21,23-26H2,1-2H3,(H,47,53,54)/t28-,37?/m0/s1. The van der Waals surface area contributed by atoms with Gasteiger partial charge in [-0.1, -0.05) is 6.57 Å². The molecule has 6 aliphatic rings. The maximum atomic E-state index is 13.6. The average molecular weight is 769 g/mol. The van der Waals surface area contributed by atoms with E-state index in [1.165, 1.54) is 0 Å². The Hall–Kier alpha value is -5.61. The van der Waals surface area contributed by atoms with Crippen molar-refractivity contribution in [2.24, 2.45) is 11.3 Å². The quantitative estimate of drug-likeness (QED) is 0.269. The number of carbonyl (C=O) groups excluding carboxylic acids is 5. The molecule has 13 heteroatoms. The lowest BCUT2D eigenvalue weighted by molar-refractivity contribution is -0.136. The van der Waals surface area contributed by atoms with E-state index in [9.17, 15) is 24.0 Å². The number of aromatic nitrogens is 1. The molecule has 2 aromatic carbocycles. The zero-order valence-corrected chi connectivity index (χ0v) is 32.6. The number of piperidine rings is 3. The van der Waals surface area contributed by atoms with E-state index in [-0.39, 0.29) is 30.1 Å². The van der Waals surface area contributed by atoms with Crippen LogP contribution in [0.1, 0.15) is 99.6 Å². The van der Waals surface area contributed by atoms with Crippen LogP contribution < -0.4 is 15.1 Å². The van der Waals surface area contributed by atoms with Crippen LogP contribution in [0.15, 0.2) is 48.7 Å². The highest BCUT2D eigenvalue weighted by Crippen LogP contribution is 2.46. The number of amides is 5. The van der Waals surface area contributed by atoms with Crippen molar-refractivity contribution in [3.8, 4) is 0 Å². The Labute approximate surface area is 332 Å². The first-order valence-electron chi connectivity index (χ1n) is 20.3. The number of fused-ring (bicyclic) bond motifs is 2. The highest BCUT2D eigenvalue weighted by Gasteiger charge is 2.46. The van der Waals surface area contributed by atoms with Crippen LogP contribution in [-0.4, -0.2) is 101 Å². The van der Waals surface area contributed by atoms with Crippen molar-refractivity contribution in [3.63, 3.8) is 0 Å². The Balaban J connectivity index is 0.745. The Morgan fingerprint density at radius 1 is 0.912 bits per heavy atom. The first-order valence-corrected chi connectivity index (χ1v) is 20.3. The number of rotatable bonds is 6. The van der Waals surface area contributed by atoms with Crippen molar-refractivity contribution in [2.45, 2.75) is 84.0 Å². The number of hydrogen-bond acceptors (Lipinski definition) is 9. The fraction of sp³-hybridized carbons (Fsp3) is 0.477. The van der Waals surface area contributed by atoms with Gasteiger partial charge < -0.3 is 19.5 Å². The average Bonchev–Trinajstić information content (AvgIpc) is 3.84. The number of benzene rings is 2. The van der Waals surface area contributed by atoms with Crippen LogP contribution in [0.3, 0.4) is 0 Å². The van der Waals surface area contributed by atoms with E-state index in [4.69, 9.17) is 6.57 Å².